The van der Waals surface area contributed by atoms with Crippen LogP contribution in [0.5, 0.6) is 0 Å². The van der Waals surface area contributed by atoms with Gasteiger partial charge in [-0.05, 0) is 39.0 Å². The minimum Gasteiger partial charge on any atom is -0.375 e. The predicted octanol–water partition coefficient (Wildman–Crippen LogP) is 1.92. The summed E-state index contributed by atoms with van der Waals surface area (Å²) in [6.07, 6.45) is 6.55. The van der Waals surface area contributed by atoms with Gasteiger partial charge in [-0.15, -0.1) is 0 Å². The van der Waals surface area contributed by atoms with Gasteiger partial charge in [-0.1, -0.05) is 0 Å². The Kier molecular flexibility index (Phi) is 5.66. The van der Waals surface area contributed by atoms with Crippen LogP contribution >= 0.6 is 0 Å². The minimum absolute atomic E-state index is 0.0790. The van der Waals surface area contributed by atoms with Gasteiger partial charge in [-0.2, -0.15) is 5.10 Å². The van der Waals surface area contributed by atoms with Crippen LogP contribution in [0.25, 0.3) is 11.3 Å². The van der Waals surface area contributed by atoms with Gasteiger partial charge in [0.25, 0.3) is 0 Å². The highest BCUT2D eigenvalue weighted by Crippen LogP contribution is 2.26. The predicted molar refractivity (Wildman–Crippen MR) is 98.6 cm³/mol. The summed E-state index contributed by atoms with van der Waals surface area (Å²) >= 11 is 0. The molecular weight excluding hydrogens is 330 g/mol. The van der Waals surface area contributed by atoms with Gasteiger partial charge in [0.1, 0.15) is 6.61 Å². The largest absolute Gasteiger partial charge is 0.375 e. The number of hydrogen-bond donors (Lipinski definition) is 0. The van der Waals surface area contributed by atoms with E-state index in [9.17, 15) is 4.79 Å². The van der Waals surface area contributed by atoms with Crippen molar-refractivity contribution in [2.45, 2.75) is 33.1 Å². The number of nitrogens with zero attached hydrogens (tertiary/aromatic N) is 5. The molecule has 140 valence electrons. The average molecular weight is 357 g/mol. The maximum atomic E-state index is 11.9. The van der Waals surface area contributed by atoms with Gasteiger partial charge in [0.05, 0.1) is 23.3 Å². The van der Waals surface area contributed by atoms with Crippen LogP contribution in [0, 0.1) is 19.8 Å². The summed E-state index contributed by atoms with van der Waals surface area (Å²) in [6.45, 7) is 5.81. The molecule has 0 aliphatic carbocycles. The molecule has 26 heavy (non-hydrogen) atoms. The number of rotatable bonds is 5. The zero-order valence-corrected chi connectivity index (χ0v) is 16.0. The van der Waals surface area contributed by atoms with E-state index >= 15 is 0 Å². The maximum absolute atomic E-state index is 11.9. The molecule has 1 aliphatic heterocycles. The number of carbonyl (C=O) groups excluding carboxylic acids is 1. The Morgan fingerprint density at radius 1 is 1.27 bits per heavy atom. The van der Waals surface area contributed by atoms with Crippen molar-refractivity contribution in [2.24, 2.45) is 13.0 Å². The third-order valence-corrected chi connectivity index (χ3v) is 5.18. The molecule has 1 saturated heterocycles. The Morgan fingerprint density at radius 2 is 2.00 bits per heavy atom. The molecule has 1 aliphatic rings. The van der Waals surface area contributed by atoms with Gasteiger partial charge in [0.2, 0.25) is 5.91 Å². The van der Waals surface area contributed by atoms with Crippen molar-refractivity contribution in [3.63, 3.8) is 0 Å². The van der Waals surface area contributed by atoms with Crippen LogP contribution in [-0.4, -0.2) is 57.4 Å². The zero-order valence-electron chi connectivity index (χ0n) is 16.0. The van der Waals surface area contributed by atoms with Gasteiger partial charge in [-0.3, -0.25) is 14.5 Å². The van der Waals surface area contributed by atoms with E-state index in [-0.39, 0.29) is 12.5 Å². The number of amides is 1. The Labute approximate surface area is 154 Å². The first-order valence-corrected chi connectivity index (χ1v) is 9.07. The summed E-state index contributed by atoms with van der Waals surface area (Å²) in [7, 11) is 3.50. The lowest BCUT2D eigenvalue weighted by atomic mass is 9.92. The molecule has 2 aromatic heterocycles. The van der Waals surface area contributed by atoms with Crippen molar-refractivity contribution in [3.05, 3.63) is 29.5 Å². The van der Waals surface area contributed by atoms with Crippen LogP contribution in [-0.2, 0) is 23.0 Å². The number of aromatic nitrogens is 4. The Balaban J connectivity index is 1.66. The first-order valence-electron chi connectivity index (χ1n) is 9.07. The van der Waals surface area contributed by atoms with Gasteiger partial charge in [0, 0.05) is 44.7 Å². The average Bonchev–Trinajstić information content (AvgIpc) is 2.88. The Morgan fingerprint density at radius 3 is 2.62 bits per heavy atom. The fourth-order valence-corrected chi connectivity index (χ4v) is 3.67. The fourth-order valence-electron chi connectivity index (χ4n) is 3.67. The SMILES string of the molecule is COCC(=O)N1CCC(Cc2cncc(-c3c(C)nn(C)c3C)n2)CC1. The van der Waals surface area contributed by atoms with Crippen molar-refractivity contribution in [1.82, 2.24) is 24.6 Å². The van der Waals surface area contributed by atoms with E-state index in [4.69, 9.17) is 9.72 Å². The van der Waals surface area contributed by atoms with Crippen LogP contribution < -0.4 is 0 Å². The number of likely N-dealkylation sites (tertiary alicyclic amines) is 1. The first-order chi connectivity index (χ1) is 12.5. The summed E-state index contributed by atoms with van der Waals surface area (Å²) in [5.41, 5.74) is 5.03. The molecule has 0 atom stereocenters. The molecule has 1 fully saturated rings. The Hall–Kier alpha value is -2.28. The highest BCUT2D eigenvalue weighted by Gasteiger charge is 2.23. The Bertz CT molecular complexity index is 778. The second-order valence-corrected chi connectivity index (χ2v) is 7.03. The van der Waals surface area contributed by atoms with Gasteiger partial charge in [-0.25, -0.2) is 4.98 Å². The molecule has 7 heteroatoms. The molecule has 3 rings (SSSR count). The lowest BCUT2D eigenvalue weighted by Crippen LogP contribution is -2.40. The normalized spacial score (nSPS) is 15.5. The van der Waals surface area contributed by atoms with Crippen LogP contribution in [0.3, 0.4) is 0 Å². The molecule has 0 N–H and O–H groups in total. The molecule has 7 nitrogen and oxygen atoms in total. The summed E-state index contributed by atoms with van der Waals surface area (Å²) in [4.78, 5) is 23.0. The highest BCUT2D eigenvalue weighted by atomic mass is 16.5. The lowest BCUT2D eigenvalue weighted by Gasteiger charge is -2.31. The first kappa shape index (κ1) is 18.5. The molecule has 0 saturated carbocycles. The van der Waals surface area contributed by atoms with Gasteiger partial charge in [0.15, 0.2) is 0 Å². The number of methoxy groups -OCH3 is 1. The summed E-state index contributed by atoms with van der Waals surface area (Å²) in [5.74, 6) is 0.609. The fraction of sp³-hybridized carbons (Fsp3) is 0.579. The van der Waals surface area contributed by atoms with Crippen molar-refractivity contribution in [2.75, 3.05) is 26.8 Å². The van der Waals surface area contributed by atoms with Gasteiger partial charge >= 0.3 is 0 Å². The lowest BCUT2D eigenvalue weighted by molar-refractivity contribution is -0.136. The smallest absolute Gasteiger partial charge is 0.248 e. The molecule has 2 aromatic rings. The molecule has 1 amide bonds. The number of carbonyl (C=O) groups is 1. The van der Waals surface area contributed by atoms with E-state index in [1.54, 1.807) is 7.11 Å². The summed E-state index contributed by atoms with van der Waals surface area (Å²) < 4.78 is 6.82. The summed E-state index contributed by atoms with van der Waals surface area (Å²) in [6, 6.07) is 0. The van der Waals surface area contributed by atoms with Crippen molar-refractivity contribution in [1.29, 1.82) is 0 Å². The number of aryl methyl sites for hydroxylation is 2. The van der Waals surface area contributed by atoms with E-state index in [0.717, 1.165) is 60.7 Å². The van der Waals surface area contributed by atoms with Crippen LogP contribution in [0.2, 0.25) is 0 Å². The monoisotopic (exact) mass is 357 g/mol. The standard InChI is InChI=1S/C19H27N5O2/c1-13-19(14(2)23(3)22-13)17-11-20-10-16(21-17)9-15-5-7-24(8-6-15)18(25)12-26-4/h10-11,15H,5-9,12H2,1-4H3. The topological polar surface area (TPSA) is 73.1 Å². The van der Waals surface area contributed by atoms with E-state index in [0.29, 0.717) is 5.92 Å². The number of ether oxygens (including phenoxy) is 1. The highest BCUT2D eigenvalue weighted by molar-refractivity contribution is 5.77. The second kappa shape index (κ2) is 7.95. The van der Waals surface area contributed by atoms with Crippen LogP contribution in [0.15, 0.2) is 12.4 Å². The number of hydrogen-bond acceptors (Lipinski definition) is 5. The molecule has 0 radical (unpaired) electrons. The molecule has 0 unspecified atom stereocenters. The second-order valence-electron chi connectivity index (χ2n) is 7.03. The van der Waals surface area contributed by atoms with Crippen molar-refractivity contribution in [3.8, 4) is 11.3 Å². The molecule has 3 heterocycles. The maximum Gasteiger partial charge on any atom is 0.248 e. The van der Waals surface area contributed by atoms with Gasteiger partial charge < -0.3 is 9.64 Å². The van der Waals surface area contributed by atoms with E-state index in [2.05, 4.69) is 17.0 Å². The van der Waals surface area contributed by atoms with Crippen molar-refractivity contribution < 1.29 is 9.53 Å². The molecule has 0 bridgehead atoms. The third-order valence-electron chi connectivity index (χ3n) is 5.18. The van der Waals surface area contributed by atoms with Crippen molar-refractivity contribution >= 4 is 5.91 Å². The molecule has 0 aromatic carbocycles. The van der Waals surface area contributed by atoms with E-state index in [1.807, 2.05) is 35.9 Å². The molecular formula is C19H27N5O2. The summed E-state index contributed by atoms with van der Waals surface area (Å²) in [5, 5.41) is 4.47. The minimum atomic E-state index is 0.0790. The third kappa shape index (κ3) is 3.93. The van der Waals surface area contributed by atoms with E-state index in [1.165, 1.54) is 0 Å². The molecule has 0 spiro atoms. The number of piperidine rings is 1. The van der Waals surface area contributed by atoms with Crippen LogP contribution in [0.1, 0.15) is 29.9 Å². The van der Waals surface area contributed by atoms with Crippen LogP contribution in [0.4, 0.5) is 0 Å². The van der Waals surface area contributed by atoms with E-state index < -0.39 is 0 Å². The quantitative estimate of drug-likeness (QED) is 0.817. The zero-order chi connectivity index (χ0) is 18.7.